The number of aliphatic hydroxyl groups excluding tert-OH is 1. The minimum absolute atomic E-state index is 0.0553. The van der Waals surface area contributed by atoms with Crippen molar-refractivity contribution < 1.29 is 14.3 Å². The molecule has 31 heavy (non-hydrogen) atoms. The Balaban J connectivity index is 1.58. The number of carbonyl (C=O) groups excluding carboxylic acids is 1. The topological polar surface area (TPSA) is 75.1 Å². The zero-order valence-electron chi connectivity index (χ0n) is 17.4. The van der Waals surface area contributed by atoms with Gasteiger partial charge in [0.2, 0.25) is 0 Å². The van der Waals surface area contributed by atoms with Gasteiger partial charge in [-0.25, -0.2) is 9.37 Å². The van der Waals surface area contributed by atoms with Crippen LogP contribution in [0.2, 0.25) is 0 Å². The molecule has 2 N–H and O–H groups in total. The van der Waals surface area contributed by atoms with E-state index in [-0.39, 0.29) is 29.4 Å². The molecule has 160 valence electrons. The summed E-state index contributed by atoms with van der Waals surface area (Å²) >= 11 is 0. The fourth-order valence-electron chi connectivity index (χ4n) is 4.22. The number of hydrogen-bond acceptors (Lipinski definition) is 4. The van der Waals surface area contributed by atoms with Crippen molar-refractivity contribution in [3.63, 3.8) is 0 Å². The van der Waals surface area contributed by atoms with Crippen molar-refractivity contribution in [3.05, 3.63) is 83.4 Å². The monoisotopic (exact) mass is 419 g/mol. The average molecular weight is 420 g/mol. The van der Waals surface area contributed by atoms with Gasteiger partial charge in [-0.2, -0.15) is 0 Å². The van der Waals surface area contributed by atoms with Crippen LogP contribution in [-0.2, 0) is 0 Å². The minimum Gasteiger partial charge on any atom is -0.512 e. The molecule has 1 amide bonds. The van der Waals surface area contributed by atoms with Crippen LogP contribution in [0, 0.1) is 0 Å². The third kappa shape index (κ3) is 5.08. The number of aliphatic hydroxyl groups is 1. The van der Waals surface area contributed by atoms with Crippen molar-refractivity contribution in [2.24, 2.45) is 0 Å². The third-order valence-electron chi connectivity index (χ3n) is 5.82. The number of nitrogens with one attached hydrogen (secondary N) is 1. The van der Waals surface area contributed by atoms with Crippen molar-refractivity contribution in [2.45, 2.75) is 50.9 Å². The fourth-order valence-corrected chi connectivity index (χ4v) is 4.22. The van der Waals surface area contributed by atoms with Crippen molar-refractivity contribution in [1.82, 2.24) is 9.97 Å². The first-order valence-electron chi connectivity index (χ1n) is 10.8. The van der Waals surface area contributed by atoms with E-state index in [0.717, 1.165) is 24.5 Å². The fraction of sp³-hybridized carbons (Fsp3) is 0.320. The molecule has 0 aromatic carbocycles. The molecule has 0 spiro atoms. The molecule has 0 radical (unpaired) electrons. The van der Waals surface area contributed by atoms with Crippen molar-refractivity contribution >= 4 is 17.2 Å². The highest BCUT2D eigenvalue weighted by molar-refractivity contribution is 6.03. The van der Waals surface area contributed by atoms with Gasteiger partial charge in [-0.05, 0) is 42.5 Å². The van der Waals surface area contributed by atoms with E-state index < -0.39 is 5.83 Å². The maximum Gasteiger partial charge on any atom is 0.274 e. The van der Waals surface area contributed by atoms with Gasteiger partial charge in [-0.3, -0.25) is 9.78 Å². The van der Waals surface area contributed by atoms with Gasteiger partial charge in [0.25, 0.3) is 5.91 Å². The van der Waals surface area contributed by atoms with E-state index in [1.165, 1.54) is 25.7 Å². The number of amides is 1. The Morgan fingerprint density at radius 3 is 2.74 bits per heavy atom. The number of anilines is 1. The van der Waals surface area contributed by atoms with E-state index in [2.05, 4.69) is 15.3 Å². The van der Waals surface area contributed by atoms with Crippen molar-refractivity contribution in [2.75, 3.05) is 5.32 Å². The van der Waals surface area contributed by atoms with Crippen LogP contribution in [0.15, 0.2) is 66.5 Å². The number of aromatic nitrogens is 2. The van der Waals surface area contributed by atoms with Gasteiger partial charge in [-0.15, -0.1) is 0 Å². The Labute approximate surface area is 181 Å². The maximum absolute atomic E-state index is 14.5. The molecule has 0 aliphatic heterocycles. The van der Waals surface area contributed by atoms with E-state index in [4.69, 9.17) is 0 Å². The summed E-state index contributed by atoms with van der Waals surface area (Å²) in [5, 5.41) is 12.6. The molecule has 2 aliphatic rings. The van der Waals surface area contributed by atoms with Gasteiger partial charge in [0.15, 0.2) is 0 Å². The predicted octanol–water partition coefficient (Wildman–Crippen LogP) is 6.25. The summed E-state index contributed by atoms with van der Waals surface area (Å²) in [5.41, 5.74) is 2.59. The van der Waals surface area contributed by atoms with Crippen molar-refractivity contribution in [1.29, 1.82) is 0 Å². The molecule has 0 bridgehead atoms. The van der Waals surface area contributed by atoms with Crippen LogP contribution in [0.1, 0.15) is 72.6 Å². The number of halogens is 1. The molecule has 6 heteroatoms. The Morgan fingerprint density at radius 1 is 1.13 bits per heavy atom. The van der Waals surface area contributed by atoms with Gasteiger partial charge in [0, 0.05) is 24.3 Å². The molecule has 5 nitrogen and oxygen atoms in total. The Bertz CT molecular complexity index is 1050. The second-order valence-electron chi connectivity index (χ2n) is 8.02. The van der Waals surface area contributed by atoms with E-state index in [1.54, 1.807) is 42.7 Å². The van der Waals surface area contributed by atoms with Crippen LogP contribution in [0.3, 0.4) is 0 Å². The first kappa shape index (κ1) is 21.0. The van der Waals surface area contributed by atoms with Crippen LogP contribution in [0.5, 0.6) is 0 Å². The second kappa shape index (κ2) is 9.69. The number of pyridine rings is 2. The van der Waals surface area contributed by atoms with Crippen LogP contribution in [-0.4, -0.2) is 21.0 Å². The number of rotatable bonds is 4. The maximum atomic E-state index is 14.5. The van der Waals surface area contributed by atoms with Crippen LogP contribution < -0.4 is 5.32 Å². The largest absolute Gasteiger partial charge is 0.512 e. The lowest BCUT2D eigenvalue weighted by atomic mass is 9.91. The number of carbonyl (C=O) groups is 1. The molecular weight excluding hydrogens is 393 g/mol. The molecule has 2 aliphatic carbocycles. The van der Waals surface area contributed by atoms with E-state index in [0.29, 0.717) is 17.3 Å². The Morgan fingerprint density at radius 2 is 1.94 bits per heavy atom. The highest BCUT2D eigenvalue weighted by atomic mass is 19.1. The lowest BCUT2D eigenvalue weighted by Gasteiger charge is -2.18. The van der Waals surface area contributed by atoms with Crippen LogP contribution in [0.4, 0.5) is 10.1 Å². The summed E-state index contributed by atoms with van der Waals surface area (Å²) in [5.74, 6) is -0.587. The number of hydrogen-bond donors (Lipinski definition) is 2. The minimum atomic E-state index is -0.584. The first-order valence-corrected chi connectivity index (χ1v) is 10.8. The van der Waals surface area contributed by atoms with E-state index in [1.807, 2.05) is 6.07 Å². The Kier molecular flexibility index (Phi) is 6.55. The van der Waals surface area contributed by atoms with E-state index >= 15 is 0 Å². The highest BCUT2D eigenvalue weighted by Crippen LogP contribution is 2.35. The SMILES string of the molecule is O=C(Nc1cnccc1C1CCCCCC1)c1cccc(C2=C(F)C=C(O)CC=C2)n1. The Hall–Kier alpha value is -3.28. The van der Waals surface area contributed by atoms with Gasteiger partial charge < -0.3 is 10.4 Å². The van der Waals surface area contributed by atoms with Crippen LogP contribution in [0.25, 0.3) is 5.57 Å². The molecular formula is C25H26FN3O2. The second-order valence-corrected chi connectivity index (χ2v) is 8.02. The third-order valence-corrected chi connectivity index (χ3v) is 5.82. The molecule has 2 aromatic rings. The molecule has 0 unspecified atom stereocenters. The lowest BCUT2D eigenvalue weighted by molar-refractivity contribution is 0.102. The molecule has 0 atom stereocenters. The zero-order valence-corrected chi connectivity index (χ0v) is 17.4. The summed E-state index contributed by atoms with van der Waals surface area (Å²) in [6.07, 6.45) is 15.2. The van der Waals surface area contributed by atoms with Gasteiger partial charge in [0.1, 0.15) is 11.5 Å². The molecule has 2 heterocycles. The summed E-state index contributed by atoms with van der Waals surface area (Å²) in [7, 11) is 0. The zero-order chi connectivity index (χ0) is 21.6. The number of nitrogens with zero attached hydrogens (tertiary/aromatic N) is 2. The summed E-state index contributed by atoms with van der Waals surface area (Å²) < 4.78 is 14.5. The molecule has 2 aromatic heterocycles. The highest BCUT2D eigenvalue weighted by Gasteiger charge is 2.20. The van der Waals surface area contributed by atoms with E-state index in [9.17, 15) is 14.3 Å². The van der Waals surface area contributed by atoms with Crippen molar-refractivity contribution in [3.8, 4) is 0 Å². The van der Waals surface area contributed by atoms with Gasteiger partial charge >= 0.3 is 0 Å². The first-order chi connectivity index (χ1) is 15.1. The quantitative estimate of drug-likeness (QED) is 0.575. The number of allylic oxidation sites excluding steroid dienone is 5. The smallest absolute Gasteiger partial charge is 0.274 e. The van der Waals surface area contributed by atoms with Gasteiger partial charge in [0.05, 0.1) is 23.3 Å². The predicted molar refractivity (Wildman–Crippen MR) is 119 cm³/mol. The lowest BCUT2D eigenvalue weighted by Crippen LogP contribution is -2.16. The molecule has 4 rings (SSSR count). The summed E-state index contributed by atoms with van der Waals surface area (Å²) in [4.78, 5) is 21.5. The summed E-state index contributed by atoms with van der Waals surface area (Å²) in [6, 6.07) is 6.92. The molecule has 0 saturated heterocycles. The average Bonchev–Trinajstić information content (AvgIpc) is 3.14. The van der Waals surface area contributed by atoms with Gasteiger partial charge in [-0.1, -0.05) is 43.9 Å². The molecule has 1 saturated carbocycles. The standard InChI is InChI=1S/C25H26FN3O2/c26-21-15-18(30)9-5-10-20(21)22-11-6-12-23(28-22)25(31)29-24-16-27-14-13-19(24)17-7-3-1-2-4-8-17/h5-6,10-17,30H,1-4,7-9H2,(H,29,31). The summed E-state index contributed by atoms with van der Waals surface area (Å²) in [6.45, 7) is 0. The normalized spacial score (nSPS) is 17.6. The molecule has 1 fully saturated rings. The van der Waals surface area contributed by atoms with Crippen LogP contribution >= 0.6 is 0 Å².